The number of ether oxygens (including phenoxy) is 1. The predicted molar refractivity (Wildman–Crippen MR) is 185 cm³/mol. The molecular weight excluding hydrogens is 620 g/mol. The highest BCUT2D eigenvalue weighted by Crippen LogP contribution is 2.21. The summed E-state index contributed by atoms with van der Waals surface area (Å²) in [5.41, 5.74) is 16.6. The van der Waals surface area contributed by atoms with Crippen LogP contribution in [0.15, 0.2) is 38.5 Å². The van der Waals surface area contributed by atoms with Crippen LogP contribution in [0, 0.1) is 12.8 Å². The van der Waals surface area contributed by atoms with Crippen molar-refractivity contribution >= 4 is 46.4 Å². The lowest BCUT2D eigenvalue weighted by Crippen LogP contribution is -2.56. The number of alkyl carbamates (subject to hydrolysis) is 1. The van der Waals surface area contributed by atoms with Crippen LogP contribution in [0.1, 0.15) is 78.7 Å². The molecule has 0 saturated carbocycles. The van der Waals surface area contributed by atoms with Crippen molar-refractivity contribution in [1.82, 2.24) is 16.0 Å². The Labute approximate surface area is 281 Å². The highest BCUT2D eigenvalue weighted by molar-refractivity contribution is 6.00. The van der Waals surface area contributed by atoms with Gasteiger partial charge in [-0.05, 0) is 96.4 Å². The lowest BCUT2D eigenvalue weighted by Gasteiger charge is -2.27. The van der Waals surface area contributed by atoms with Crippen molar-refractivity contribution in [2.75, 3.05) is 18.4 Å². The van der Waals surface area contributed by atoms with Gasteiger partial charge in [0.1, 0.15) is 29.3 Å². The number of aryl methyl sites for hydroxylation is 1. The summed E-state index contributed by atoms with van der Waals surface area (Å²) in [5.74, 6) is -1.77. The maximum Gasteiger partial charge on any atom is 0.408 e. The van der Waals surface area contributed by atoms with Gasteiger partial charge in [0.05, 0.1) is 0 Å². The molecule has 4 amide bonds. The second kappa shape index (κ2) is 18.6. The maximum absolute atomic E-state index is 13.7. The molecule has 0 bridgehead atoms. The second-order valence-corrected chi connectivity index (χ2v) is 13.1. The third-order valence-corrected chi connectivity index (χ3v) is 7.09. The van der Waals surface area contributed by atoms with Gasteiger partial charge in [-0.15, -0.1) is 0 Å². The van der Waals surface area contributed by atoms with Crippen molar-refractivity contribution in [2.24, 2.45) is 28.1 Å². The molecule has 2 aromatic rings. The van der Waals surface area contributed by atoms with Gasteiger partial charge >= 0.3 is 11.7 Å². The van der Waals surface area contributed by atoms with Crippen LogP contribution >= 0.6 is 0 Å². The summed E-state index contributed by atoms with van der Waals surface area (Å²) >= 11 is 0. The van der Waals surface area contributed by atoms with Gasteiger partial charge in [-0.1, -0.05) is 13.8 Å². The van der Waals surface area contributed by atoms with E-state index in [-0.39, 0.29) is 31.3 Å². The number of anilines is 1. The van der Waals surface area contributed by atoms with E-state index in [4.69, 9.17) is 26.4 Å². The van der Waals surface area contributed by atoms with Gasteiger partial charge in [0.2, 0.25) is 17.7 Å². The van der Waals surface area contributed by atoms with Gasteiger partial charge in [0.15, 0.2) is 5.96 Å². The number of nitrogens with one attached hydrogen (secondary N) is 4. The van der Waals surface area contributed by atoms with Gasteiger partial charge in [0.25, 0.3) is 0 Å². The molecule has 0 saturated heterocycles. The topological polar surface area (TPSA) is 246 Å². The SMILES string of the molecule is Cc1cc(=O)oc2cc(NC(=O)[C@H](CCCN=C(N)N)NC(=O)[C@H](CCCCN)NC(=O)[C@H](CC(C)C)NC(=O)OC(C)(C)C)ccc12. The number of nitrogens with two attached hydrogens (primary N) is 3. The number of benzene rings is 1. The smallest absolute Gasteiger partial charge is 0.408 e. The fourth-order valence-corrected chi connectivity index (χ4v) is 4.86. The predicted octanol–water partition coefficient (Wildman–Crippen LogP) is 2.13. The molecule has 1 heterocycles. The fraction of sp³-hybridized carbons (Fsp3) is 0.576. The van der Waals surface area contributed by atoms with Gasteiger partial charge in [-0.25, -0.2) is 9.59 Å². The summed E-state index contributed by atoms with van der Waals surface area (Å²) in [5, 5.41) is 11.6. The summed E-state index contributed by atoms with van der Waals surface area (Å²) in [6.07, 6.45) is 1.41. The van der Waals surface area contributed by atoms with E-state index < -0.39 is 53.2 Å². The Morgan fingerprint density at radius 2 is 1.52 bits per heavy atom. The number of aliphatic imine (C=N–C) groups is 1. The number of guanidine groups is 1. The average Bonchev–Trinajstić information content (AvgIpc) is 2.96. The first-order valence-electron chi connectivity index (χ1n) is 16.2. The van der Waals surface area contributed by atoms with Crippen LogP contribution < -0.4 is 44.1 Å². The zero-order chi connectivity index (χ0) is 36.0. The molecular formula is C33H52N8O7. The Morgan fingerprint density at radius 3 is 2.12 bits per heavy atom. The Morgan fingerprint density at radius 1 is 0.896 bits per heavy atom. The van der Waals surface area contributed by atoms with Crippen LogP contribution in [0.4, 0.5) is 10.5 Å². The highest BCUT2D eigenvalue weighted by Gasteiger charge is 2.31. The van der Waals surface area contributed by atoms with Crippen LogP contribution in [0.5, 0.6) is 0 Å². The quantitative estimate of drug-likeness (QED) is 0.0558. The molecule has 0 fully saturated rings. The number of hydrogen-bond acceptors (Lipinski definition) is 9. The highest BCUT2D eigenvalue weighted by atomic mass is 16.6. The average molecular weight is 673 g/mol. The minimum absolute atomic E-state index is 0.0329. The van der Waals surface area contributed by atoms with E-state index in [0.29, 0.717) is 48.9 Å². The molecule has 0 aliphatic rings. The Kier molecular flexibility index (Phi) is 15.3. The summed E-state index contributed by atoms with van der Waals surface area (Å²) in [7, 11) is 0. The zero-order valence-corrected chi connectivity index (χ0v) is 28.8. The molecule has 48 heavy (non-hydrogen) atoms. The number of nitrogens with zero attached hydrogens (tertiary/aromatic N) is 1. The minimum atomic E-state index is -1.05. The van der Waals surface area contributed by atoms with Crippen LogP contribution in [-0.4, -0.2) is 66.6 Å². The zero-order valence-electron chi connectivity index (χ0n) is 28.8. The number of hydrogen-bond donors (Lipinski definition) is 7. The molecule has 15 nitrogen and oxygen atoms in total. The van der Waals surface area contributed by atoms with Gasteiger partial charge in [0, 0.05) is 29.8 Å². The molecule has 266 valence electrons. The van der Waals surface area contributed by atoms with E-state index in [1.807, 2.05) is 13.8 Å². The lowest BCUT2D eigenvalue weighted by molar-refractivity contribution is -0.132. The van der Waals surface area contributed by atoms with Crippen molar-refractivity contribution in [3.8, 4) is 0 Å². The van der Waals surface area contributed by atoms with Gasteiger partial charge < -0.3 is 47.6 Å². The van der Waals surface area contributed by atoms with E-state index in [1.165, 1.54) is 12.1 Å². The van der Waals surface area contributed by atoms with Crippen LogP contribution in [-0.2, 0) is 19.1 Å². The normalized spacial score (nSPS) is 13.2. The number of carbonyl (C=O) groups excluding carboxylic acids is 4. The first-order valence-corrected chi connectivity index (χ1v) is 16.2. The molecule has 0 aliphatic carbocycles. The summed E-state index contributed by atoms with van der Waals surface area (Å²) in [6, 6.07) is 3.23. The van der Waals surface area contributed by atoms with E-state index in [2.05, 4.69) is 26.3 Å². The number of carbonyl (C=O) groups is 4. The fourth-order valence-electron chi connectivity index (χ4n) is 4.86. The molecule has 2 rings (SSSR count). The summed E-state index contributed by atoms with van der Waals surface area (Å²) < 4.78 is 10.6. The lowest BCUT2D eigenvalue weighted by atomic mass is 10.0. The molecule has 0 unspecified atom stereocenters. The molecule has 0 spiro atoms. The summed E-state index contributed by atoms with van der Waals surface area (Å²) in [4.78, 5) is 69.1. The van der Waals surface area contributed by atoms with Crippen LogP contribution in [0.3, 0.4) is 0 Å². The second-order valence-electron chi connectivity index (χ2n) is 13.1. The molecule has 0 aliphatic heterocycles. The third kappa shape index (κ3) is 14.0. The van der Waals surface area contributed by atoms with E-state index in [0.717, 1.165) is 5.56 Å². The first-order chi connectivity index (χ1) is 22.5. The number of fused-ring (bicyclic) bond motifs is 1. The van der Waals surface area contributed by atoms with Crippen molar-refractivity contribution in [3.05, 3.63) is 40.2 Å². The monoisotopic (exact) mass is 672 g/mol. The van der Waals surface area contributed by atoms with Crippen molar-refractivity contribution < 1.29 is 28.3 Å². The minimum Gasteiger partial charge on any atom is -0.444 e. The van der Waals surface area contributed by atoms with Gasteiger partial charge in [-0.3, -0.25) is 19.4 Å². The van der Waals surface area contributed by atoms with E-state index in [9.17, 15) is 24.0 Å². The standard InChI is InChI=1S/C33H52N8O7/c1-19(2)16-25(41-32(46)48-33(4,5)6)30(45)40-23(10-7-8-14-34)29(44)39-24(11-9-15-37-31(35)36)28(43)38-21-12-13-22-20(3)17-27(42)47-26(22)18-21/h12-13,17-19,23-25H,7-11,14-16,34H2,1-6H3,(H,38,43)(H,39,44)(H,40,45)(H,41,46)(H4,35,36,37)/t23-,24-,25-/m0/s1. The largest absolute Gasteiger partial charge is 0.444 e. The van der Waals surface area contributed by atoms with Crippen molar-refractivity contribution in [2.45, 2.75) is 104 Å². The molecule has 15 heteroatoms. The number of unbranched alkanes of at least 4 members (excludes halogenated alkanes) is 1. The maximum atomic E-state index is 13.7. The molecule has 0 radical (unpaired) electrons. The van der Waals surface area contributed by atoms with Crippen LogP contribution in [0.2, 0.25) is 0 Å². The molecule has 10 N–H and O–H groups in total. The first kappa shape index (κ1) is 39.5. The summed E-state index contributed by atoms with van der Waals surface area (Å²) in [6.45, 7) is 11.3. The van der Waals surface area contributed by atoms with Gasteiger partial charge in [-0.2, -0.15) is 0 Å². The Bertz CT molecular complexity index is 1500. The molecule has 3 atom stereocenters. The number of rotatable bonds is 17. The molecule has 1 aromatic heterocycles. The van der Waals surface area contributed by atoms with Crippen molar-refractivity contribution in [3.63, 3.8) is 0 Å². The van der Waals surface area contributed by atoms with Crippen molar-refractivity contribution in [1.29, 1.82) is 0 Å². The van der Waals surface area contributed by atoms with E-state index in [1.54, 1.807) is 39.8 Å². The molecule has 1 aromatic carbocycles. The van der Waals surface area contributed by atoms with E-state index >= 15 is 0 Å². The van der Waals surface area contributed by atoms with Crippen LogP contribution in [0.25, 0.3) is 11.0 Å². The number of amides is 4. The Hall–Kier alpha value is -4.66. The Balaban J connectivity index is 2.30. The third-order valence-electron chi connectivity index (χ3n) is 7.09.